The van der Waals surface area contributed by atoms with Gasteiger partial charge < -0.3 is 0 Å². The van der Waals surface area contributed by atoms with Crippen molar-refractivity contribution in [1.29, 1.82) is 0 Å². The van der Waals surface area contributed by atoms with E-state index in [1.807, 2.05) is 13.1 Å². The van der Waals surface area contributed by atoms with Crippen molar-refractivity contribution in [2.24, 2.45) is 12.1 Å². The van der Waals surface area contributed by atoms with Crippen LogP contribution in [0.4, 0.5) is 0 Å². The lowest BCUT2D eigenvalue weighted by atomic mass is 10.5. The minimum atomic E-state index is 0.925. The van der Waals surface area contributed by atoms with Gasteiger partial charge >= 0.3 is 0 Å². The number of nitrogens with zero attached hydrogens (tertiary/aromatic N) is 6. The quantitative estimate of drug-likeness (QED) is 0.600. The van der Waals surface area contributed by atoms with Gasteiger partial charge in [0.05, 0.1) is 11.9 Å². The van der Waals surface area contributed by atoms with E-state index in [2.05, 4.69) is 20.4 Å². The van der Waals surface area contributed by atoms with Gasteiger partial charge in [0.2, 0.25) is 0 Å². The average molecular weight is 176 g/mol. The first kappa shape index (κ1) is 7.66. The van der Waals surface area contributed by atoms with Crippen LogP contribution in [-0.2, 0) is 7.05 Å². The van der Waals surface area contributed by atoms with E-state index < -0.39 is 0 Å². The summed E-state index contributed by atoms with van der Waals surface area (Å²) >= 11 is 0. The molecule has 6 nitrogen and oxygen atoms in total. The summed E-state index contributed by atoms with van der Waals surface area (Å²) in [5.41, 5.74) is 0.925. The molecule has 2 aromatic rings. The first-order valence-electron chi connectivity index (χ1n) is 3.73. The first-order valence-corrected chi connectivity index (χ1v) is 3.73. The summed E-state index contributed by atoms with van der Waals surface area (Å²) in [6, 6.07) is 1.87. The lowest BCUT2D eigenvalue weighted by molar-refractivity contribution is 0.759. The molecule has 0 amide bonds. The number of rotatable bonds is 2. The van der Waals surface area contributed by atoms with Crippen LogP contribution in [0, 0.1) is 0 Å². The van der Waals surface area contributed by atoms with Crippen molar-refractivity contribution in [2.75, 3.05) is 0 Å². The van der Waals surface area contributed by atoms with Gasteiger partial charge in [-0.25, -0.2) is 4.68 Å². The third kappa shape index (κ3) is 1.61. The molecule has 0 aromatic carbocycles. The van der Waals surface area contributed by atoms with Crippen LogP contribution in [0.15, 0.2) is 30.0 Å². The normalized spacial score (nSPS) is 11.2. The highest BCUT2D eigenvalue weighted by Crippen LogP contribution is 1.91. The van der Waals surface area contributed by atoms with Gasteiger partial charge in [0, 0.05) is 13.2 Å². The van der Waals surface area contributed by atoms with Crippen LogP contribution in [0.5, 0.6) is 0 Å². The predicted octanol–water partition coefficient (Wildman–Crippen LogP) is -0.106. The van der Waals surface area contributed by atoms with Crippen LogP contribution in [-0.4, -0.2) is 30.9 Å². The molecular formula is C7H8N6. The third-order valence-electron chi connectivity index (χ3n) is 1.59. The monoisotopic (exact) mass is 176 g/mol. The van der Waals surface area contributed by atoms with Crippen LogP contribution in [0.1, 0.15) is 5.69 Å². The summed E-state index contributed by atoms with van der Waals surface area (Å²) in [5, 5.41) is 15.3. The van der Waals surface area contributed by atoms with E-state index in [1.165, 1.54) is 17.3 Å². The van der Waals surface area contributed by atoms with Crippen molar-refractivity contribution in [3.63, 3.8) is 0 Å². The van der Waals surface area contributed by atoms with Crippen LogP contribution >= 0.6 is 0 Å². The molecule has 0 spiro atoms. The maximum Gasteiger partial charge on any atom is 0.141 e. The molecule has 66 valence electrons. The lowest BCUT2D eigenvalue weighted by Gasteiger charge is -1.92. The minimum Gasteiger partial charge on any atom is -0.267 e. The molecule has 2 heterocycles. The largest absolute Gasteiger partial charge is 0.267 e. The van der Waals surface area contributed by atoms with Gasteiger partial charge in [-0.05, 0) is 6.07 Å². The van der Waals surface area contributed by atoms with Gasteiger partial charge in [-0.2, -0.15) is 10.2 Å². The fraction of sp³-hybridized carbons (Fsp3) is 0.143. The maximum atomic E-state index is 4.08. The Morgan fingerprint density at radius 2 is 2.15 bits per heavy atom. The Hall–Kier alpha value is -1.98. The molecule has 0 unspecified atom stereocenters. The molecule has 2 aromatic heterocycles. The summed E-state index contributed by atoms with van der Waals surface area (Å²) in [5.74, 6) is 0. The molecule has 0 radical (unpaired) electrons. The Labute approximate surface area is 74.5 Å². The minimum absolute atomic E-state index is 0.925. The van der Waals surface area contributed by atoms with Crippen molar-refractivity contribution in [3.05, 3.63) is 30.6 Å². The van der Waals surface area contributed by atoms with Crippen molar-refractivity contribution in [2.45, 2.75) is 0 Å². The Morgan fingerprint density at radius 3 is 2.77 bits per heavy atom. The van der Waals surface area contributed by atoms with Gasteiger partial charge in [0.1, 0.15) is 12.7 Å². The van der Waals surface area contributed by atoms with E-state index >= 15 is 0 Å². The van der Waals surface area contributed by atoms with Crippen LogP contribution < -0.4 is 0 Å². The zero-order valence-electron chi connectivity index (χ0n) is 7.07. The summed E-state index contributed by atoms with van der Waals surface area (Å²) < 4.78 is 3.25. The molecule has 0 saturated heterocycles. The molecule has 6 heteroatoms. The molecule has 0 atom stereocenters. The van der Waals surface area contributed by atoms with E-state index in [4.69, 9.17) is 0 Å². The number of hydrogen-bond donors (Lipinski definition) is 0. The van der Waals surface area contributed by atoms with Gasteiger partial charge in [0.25, 0.3) is 0 Å². The van der Waals surface area contributed by atoms with Crippen LogP contribution in [0.25, 0.3) is 0 Å². The average Bonchev–Trinajstić information content (AvgIpc) is 2.72. The van der Waals surface area contributed by atoms with Crippen molar-refractivity contribution >= 4 is 6.21 Å². The summed E-state index contributed by atoms with van der Waals surface area (Å²) in [4.78, 5) is 0. The number of aryl methyl sites for hydroxylation is 1. The SMILES string of the molecule is Cn1nccc1/C=N/n1cnnc1. The van der Waals surface area contributed by atoms with Crippen molar-refractivity contribution < 1.29 is 0 Å². The highest BCUT2D eigenvalue weighted by atomic mass is 15.4. The Bertz CT molecular complexity index is 398. The van der Waals surface area contributed by atoms with Gasteiger partial charge in [-0.15, -0.1) is 10.2 Å². The molecule has 0 aliphatic carbocycles. The van der Waals surface area contributed by atoms with Gasteiger partial charge in [0.15, 0.2) is 0 Å². The zero-order valence-corrected chi connectivity index (χ0v) is 7.07. The summed E-state index contributed by atoms with van der Waals surface area (Å²) in [6.07, 6.45) is 6.45. The number of hydrogen-bond acceptors (Lipinski definition) is 4. The van der Waals surface area contributed by atoms with Crippen molar-refractivity contribution in [1.82, 2.24) is 24.7 Å². The number of aromatic nitrogens is 5. The van der Waals surface area contributed by atoms with Crippen molar-refractivity contribution in [3.8, 4) is 0 Å². The Balaban J connectivity index is 2.19. The lowest BCUT2D eigenvalue weighted by Crippen LogP contribution is -1.97. The molecule has 0 bridgehead atoms. The molecule has 0 aliphatic heterocycles. The summed E-state index contributed by atoms with van der Waals surface area (Å²) in [7, 11) is 1.85. The highest BCUT2D eigenvalue weighted by Gasteiger charge is 1.92. The zero-order chi connectivity index (χ0) is 9.10. The Morgan fingerprint density at radius 1 is 1.38 bits per heavy atom. The van der Waals surface area contributed by atoms with E-state index in [0.717, 1.165) is 5.69 Å². The van der Waals surface area contributed by atoms with E-state index in [-0.39, 0.29) is 0 Å². The standard InChI is InChI=1S/C7H8N6/c1-12-7(2-3-10-12)4-11-13-5-8-9-6-13/h2-6H,1H3/b11-4+. The predicted molar refractivity (Wildman–Crippen MR) is 46.2 cm³/mol. The molecule has 13 heavy (non-hydrogen) atoms. The van der Waals surface area contributed by atoms with E-state index in [9.17, 15) is 0 Å². The van der Waals surface area contributed by atoms with E-state index in [0.29, 0.717) is 0 Å². The summed E-state index contributed by atoms with van der Waals surface area (Å²) in [6.45, 7) is 0. The van der Waals surface area contributed by atoms with Crippen LogP contribution in [0.2, 0.25) is 0 Å². The third-order valence-corrected chi connectivity index (χ3v) is 1.59. The van der Waals surface area contributed by atoms with Gasteiger partial charge in [-0.1, -0.05) is 0 Å². The second kappa shape index (κ2) is 3.18. The molecule has 0 aliphatic rings. The maximum absolute atomic E-state index is 4.08. The Kier molecular flexibility index (Phi) is 1.87. The second-order valence-corrected chi connectivity index (χ2v) is 2.47. The van der Waals surface area contributed by atoms with Gasteiger partial charge in [-0.3, -0.25) is 4.68 Å². The topological polar surface area (TPSA) is 60.9 Å². The molecule has 0 fully saturated rings. The fourth-order valence-corrected chi connectivity index (χ4v) is 0.892. The molecule has 0 N–H and O–H groups in total. The molecule has 0 saturated carbocycles. The fourth-order valence-electron chi connectivity index (χ4n) is 0.892. The highest BCUT2D eigenvalue weighted by molar-refractivity contribution is 5.76. The smallest absolute Gasteiger partial charge is 0.141 e. The molecular weight excluding hydrogens is 168 g/mol. The first-order chi connectivity index (χ1) is 6.36. The molecule has 2 rings (SSSR count). The van der Waals surface area contributed by atoms with Crippen LogP contribution in [0.3, 0.4) is 0 Å². The van der Waals surface area contributed by atoms with E-state index in [1.54, 1.807) is 17.1 Å². The second-order valence-electron chi connectivity index (χ2n) is 2.47.